The van der Waals surface area contributed by atoms with E-state index in [0.717, 1.165) is 0 Å². The van der Waals surface area contributed by atoms with Gasteiger partial charge in [-0.15, -0.1) is 0 Å². The maximum absolute atomic E-state index is 13.9. The Hall–Kier alpha value is -1.49. The number of carbonyl (C=O) groups is 1. The van der Waals surface area contributed by atoms with Crippen molar-refractivity contribution in [2.45, 2.75) is 19.3 Å². The van der Waals surface area contributed by atoms with Crippen LogP contribution in [-0.4, -0.2) is 35.6 Å². The van der Waals surface area contributed by atoms with Gasteiger partial charge in [0.1, 0.15) is 0 Å². The van der Waals surface area contributed by atoms with Crippen molar-refractivity contribution in [3.63, 3.8) is 0 Å². The minimum Gasteiger partial charge on any atom is -0.480 e. The molecule has 5 heteroatoms. The first-order valence-electron chi connectivity index (χ1n) is 5.83. The Labute approximate surface area is 105 Å². The zero-order chi connectivity index (χ0) is 13.6. The summed E-state index contributed by atoms with van der Waals surface area (Å²) in [4.78, 5) is 11.9. The van der Waals surface area contributed by atoms with Gasteiger partial charge < -0.3 is 5.11 Å². The molecule has 1 aromatic rings. The molecule has 0 fully saturated rings. The monoisotopic (exact) mass is 257 g/mol. The van der Waals surface area contributed by atoms with Crippen molar-refractivity contribution in [3.05, 3.63) is 35.9 Å². The van der Waals surface area contributed by atoms with E-state index in [1.807, 2.05) is 6.92 Å². The molecule has 0 saturated heterocycles. The van der Waals surface area contributed by atoms with Crippen LogP contribution in [0.1, 0.15) is 18.9 Å². The zero-order valence-corrected chi connectivity index (χ0v) is 10.3. The van der Waals surface area contributed by atoms with E-state index in [1.54, 1.807) is 18.2 Å². The van der Waals surface area contributed by atoms with Gasteiger partial charge >= 0.3 is 5.97 Å². The number of halogens is 2. The molecule has 0 spiro atoms. The normalized spacial score (nSPS) is 11.8. The fraction of sp³-hybridized carbons (Fsp3) is 0.462. The van der Waals surface area contributed by atoms with Crippen LogP contribution in [0.5, 0.6) is 0 Å². The van der Waals surface area contributed by atoms with Gasteiger partial charge in [-0.3, -0.25) is 9.69 Å². The molecule has 0 saturated carbocycles. The highest BCUT2D eigenvalue weighted by Gasteiger charge is 2.34. The fourth-order valence-electron chi connectivity index (χ4n) is 1.78. The van der Waals surface area contributed by atoms with E-state index in [2.05, 4.69) is 0 Å². The summed E-state index contributed by atoms with van der Waals surface area (Å²) in [6, 6.07) is 7.46. The second-order valence-corrected chi connectivity index (χ2v) is 4.17. The minimum absolute atomic E-state index is 0.0866. The first-order valence-corrected chi connectivity index (χ1v) is 5.83. The van der Waals surface area contributed by atoms with E-state index >= 15 is 0 Å². The Kier molecular flexibility index (Phi) is 5.22. The number of rotatable bonds is 7. The molecule has 0 aliphatic heterocycles. The number of benzene rings is 1. The van der Waals surface area contributed by atoms with Crippen molar-refractivity contribution in [3.8, 4) is 0 Å². The Morgan fingerprint density at radius 3 is 2.44 bits per heavy atom. The highest BCUT2D eigenvalue weighted by Crippen LogP contribution is 2.28. The highest BCUT2D eigenvalue weighted by molar-refractivity contribution is 5.69. The van der Waals surface area contributed by atoms with Gasteiger partial charge in [0.25, 0.3) is 5.92 Å². The Morgan fingerprint density at radius 1 is 1.33 bits per heavy atom. The smallest absolute Gasteiger partial charge is 0.317 e. The summed E-state index contributed by atoms with van der Waals surface area (Å²) >= 11 is 0. The summed E-state index contributed by atoms with van der Waals surface area (Å²) in [5.74, 6) is -4.13. The molecule has 0 aliphatic rings. The van der Waals surface area contributed by atoms with Crippen LogP contribution in [0.4, 0.5) is 8.78 Å². The van der Waals surface area contributed by atoms with Gasteiger partial charge in [0.2, 0.25) is 0 Å². The molecule has 1 N–H and O–H groups in total. The number of hydrogen-bond donors (Lipinski definition) is 1. The van der Waals surface area contributed by atoms with Crippen LogP contribution >= 0.6 is 0 Å². The Balaban J connectivity index is 2.75. The lowest BCUT2D eigenvalue weighted by Gasteiger charge is -2.25. The van der Waals surface area contributed by atoms with Gasteiger partial charge in [-0.2, -0.15) is 8.78 Å². The molecule has 1 aromatic carbocycles. The van der Waals surface area contributed by atoms with Crippen molar-refractivity contribution in [2.75, 3.05) is 19.6 Å². The van der Waals surface area contributed by atoms with Crippen LogP contribution in [-0.2, 0) is 10.7 Å². The van der Waals surface area contributed by atoms with Crippen molar-refractivity contribution in [1.82, 2.24) is 4.90 Å². The molecule has 0 atom stereocenters. The van der Waals surface area contributed by atoms with Crippen molar-refractivity contribution in [2.24, 2.45) is 0 Å². The van der Waals surface area contributed by atoms with Gasteiger partial charge in [0.05, 0.1) is 13.1 Å². The molecule has 3 nitrogen and oxygen atoms in total. The summed E-state index contributed by atoms with van der Waals surface area (Å²) in [7, 11) is 0. The third-order valence-electron chi connectivity index (χ3n) is 2.52. The lowest BCUT2D eigenvalue weighted by molar-refractivity contribution is -0.139. The van der Waals surface area contributed by atoms with Crippen molar-refractivity contribution < 1.29 is 18.7 Å². The van der Waals surface area contributed by atoms with Crippen LogP contribution in [0.25, 0.3) is 0 Å². The highest BCUT2D eigenvalue weighted by atomic mass is 19.3. The number of carboxylic acids is 1. The summed E-state index contributed by atoms with van der Waals surface area (Å²) in [6.07, 6.45) is 0.637. The molecule has 0 radical (unpaired) electrons. The van der Waals surface area contributed by atoms with E-state index < -0.39 is 18.4 Å². The number of alkyl halides is 2. The van der Waals surface area contributed by atoms with Gasteiger partial charge in [0, 0.05) is 5.56 Å². The summed E-state index contributed by atoms with van der Waals surface area (Å²) in [5, 5.41) is 8.69. The summed E-state index contributed by atoms with van der Waals surface area (Å²) in [5.41, 5.74) is -0.0866. The van der Waals surface area contributed by atoms with E-state index in [1.165, 1.54) is 17.0 Å². The summed E-state index contributed by atoms with van der Waals surface area (Å²) < 4.78 is 27.9. The molecule has 0 amide bonds. The summed E-state index contributed by atoms with van der Waals surface area (Å²) in [6.45, 7) is 1.23. The zero-order valence-electron chi connectivity index (χ0n) is 10.3. The van der Waals surface area contributed by atoms with Gasteiger partial charge in [-0.1, -0.05) is 37.3 Å². The van der Waals surface area contributed by atoms with Gasteiger partial charge in [-0.05, 0) is 13.0 Å². The van der Waals surface area contributed by atoms with E-state index in [-0.39, 0.29) is 12.1 Å². The molecule has 0 bridgehead atoms. The lowest BCUT2D eigenvalue weighted by atomic mass is 10.1. The predicted octanol–water partition coefficient (Wildman–Crippen LogP) is 2.58. The number of aliphatic carboxylic acids is 1. The van der Waals surface area contributed by atoms with Crippen LogP contribution in [0.3, 0.4) is 0 Å². The van der Waals surface area contributed by atoms with Gasteiger partial charge in [-0.25, -0.2) is 0 Å². The SMILES string of the molecule is CCCN(CC(=O)O)CC(F)(F)c1ccccc1. The van der Waals surface area contributed by atoms with Crippen LogP contribution in [0.2, 0.25) is 0 Å². The fourth-order valence-corrected chi connectivity index (χ4v) is 1.78. The van der Waals surface area contributed by atoms with E-state index in [9.17, 15) is 13.6 Å². The van der Waals surface area contributed by atoms with Crippen molar-refractivity contribution in [1.29, 1.82) is 0 Å². The average molecular weight is 257 g/mol. The molecule has 18 heavy (non-hydrogen) atoms. The first kappa shape index (κ1) is 14.6. The molecule has 0 aromatic heterocycles. The maximum atomic E-state index is 13.9. The minimum atomic E-state index is -3.04. The third-order valence-corrected chi connectivity index (χ3v) is 2.52. The average Bonchev–Trinajstić information content (AvgIpc) is 2.29. The predicted molar refractivity (Wildman–Crippen MR) is 64.7 cm³/mol. The van der Waals surface area contributed by atoms with Crippen LogP contribution in [0.15, 0.2) is 30.3 Å². The standard InChI is InChI=1S/C13H17F2NO2/c1-2-8-16(9-12(17)18)10-13(14,15)11-6-4-3-5-7-11/h3-7H,2,8-10H2,1H3,(H,17,18). The Bertz CT molecular complexity index is 382. The largest absolute Gasteiger partial charge is 0.480 e. The van der Waals surface area contributed by atoms with Crippen LogP contribution in [0, 0.1) is 0 Å². The Morgan fingerprint density at radius 2 is 1.94 bits per heavy atom. The quantitative estimate of drug-likeness (QED) is 0.816. The maximum Gasteiger partial charge on any atom is 0.317 e. The molecular formula is C13H17F2NO2. The first-order chi connectivity index (χ1) is 8.45. The lowest BCUT2D eigenvalue weighted by Crippen LogP contribution is -2.39. The number of nitrogens with zero attached hydrogens (tertiary/aromatic N) is 1. The molecular weight excluding hydrogens is 240 g/mol. The molecule has 0 unspecified atom stereocenters. The van der Waals surface area contributed by atoms with Crippen LogP contribution < -0.4 is 0 Å². The van der Waals surface area contributed by atoms with Crippen molar-refractivity contribution >= 4 is 5.97 Å². The number of hydrogen-bond acceptors (Lipinski definition) is 2. The molecule has 1 rings (SSSR count). The topological polar surface area (TPSA) is 40.5 Å². The molecule has 0 aliphatic carbocycles. The van der Waals surface area contributed by atoms with E-state index in [0.29, 0.717) is 13.0 Å². The molecule has 0 heterocycles. The second-order valence-electron chi connectivity index (χ2n) is 4.17. The molecule has 100 valence electrons. The third kappa shape index (κ3) is 4.41. The van der Waals surface area contributed by atoms with Gasteiger partial charge in [0.15, 0.2) is 0 Å². The second kappa shape index (κ2) is 6.44. The van der Waals surface area contributed by atoms with E-state index in [4.69, 9.17) is 5.11 Å². The number of carboxylic acid groups (broad SMARTS) is 1.